The molecule has 0 aliphatic heterocycles. The molecule has 0 aromatic heterocycles. The fraction of sp³-hybridized carbons (Fsp3) is 0.0263. The summed E-state index contributed by atoms with van der Waals surface area (Å²) in [6.07, 6.45) is 10.9. The molecule has 15 rings (SSSR count). The van der Waals surface area contributed by atoms with Gasteiger partial charge in [0, 0.05) is 34.1 Å². The van der Waals surface area contributed by atoms with E-state index in [0.29, 0.717) is 0 Å². The number of nitrogens with zero attached hydrogens (tertiary/aromatic N) is 2. The van der Waals surface area contributed by atoms with Gasteiger partial charge in [-0.25, -0.2) is 0 Å². The van der Waals surface area contributed by atoms with Crippen LogP contribution in [-0.4, -0.2) is 0 Å². The summed E-state index contributed by atoms with van der Waals surface area (Å²) in [6, 6.07) is 98.2. The summed E-state index contributed by atoms with van der Waals surface area (Å²) in [5.74, 6) is 0. The summed E-state index contributed by atoms with van der Waals surface area (Å²) >= 11 is 0. The molecule has 0 radical (unpaired) electrons. The van der Waals surface area contributed by atoms with E-state index in [1.54, 1.807) is 0 Å². The molecule has 78 heavy (non-hydrogen) atoms. The topological polar surface area (TPSA) is 6.48 Å². The lowest BCUT2D eigenvalue weighted by molar-refractivity contribution is 1.24. The van der Waals surface area contributed by atoms with Gasteiger partial charge in [0.2, 0.25) is 0 Å². The van der Waals surface area contributed by atoms with Gasteiger partial charge in [0.15, 0.2) is 0 Å². The Morgan fingerprint density at radius 3 is 0.808 bits per heavy atom. The summed E-state index contributed by atoms with van der Waals surface area (Å²) in [7, 11) is 0. The zero-order valence-corrected chi connectivity index (χ0v) is 43.0. The van der Waals surface area contributed by atoms with Crippen molar-refractivity contribution in [1.29, 1.82) is 0 Å². The van der Waals surface area contributed by atoms with Crippen LogP contribution in [0.2, 0.25) is 0 Å². The van der Waals surface area contributed by atoms with Crippen molar-refractivity contribution >= 4 is 102 Å². The van der Waals surface area contributed by atoms with E-state index >= 15 is 0 Å². The van der Waals surface area contributed by atoms with Gasteiger partial charge >= 0.3 is 0 Å². The Balaban J connectivity index is 0.640. The Bertz CT molecular complexity index is 4110. The second-order valence-electron chi connectivity index (χ2n) is 21.0. The Labute approximate surface area is 455 Å². The van der Waals surface area contributed by atoms with Crippen molar-refractivity contribution in [3.05, 3.63) is 311 Å². The Morgan fingerprint density at radius 2 is 0.474 bits per heavy atom. The molecule has 0 unspecified atom stereocenters. The maximum atomic E-state index is 2.48. The van der Waals surface area contributed by atoms with Crippen LogP contribution in [0.15, 0.2) is 267 Å². The molecule has 2 heteroatoms. The second-order valence-corrected chi connectivity index (χ2v) is 21.0. The highest BCUT2D eigenvalue weighted by molar-refractivity contribution is 5.95. The zero-order valence-electron chi connectivity index (χ0n) is 43.0. The molecule has 0 atom stereocenters. The lowest BCUT2D eigenvalue weighted by atomic mass is 9.97. The van der Waals surface area contributed by atoms with Gasteiger partial charge in [-0.1, -0.05) is 206 Å². The molecule has 366 valence electrons. The first-order valence-corrected chi connectivity index (χ1v) is 27.1. The van der Waals surface area contributed by atoms with E-state index in [0.717, 1.165) is 47.0 Å². The van der Waals surface area contributed by atoms with E-state index < -0.39 is 0 Å². The molecule has 0 bridgehead atoms. The van der Waals surface area contributed by atoms with Gasteiger partial charge in [-0.2, -0.15) is 0 Å². The van der Waals surface area contributed by atoms with Crippen LogP contribution in [-0.2, 0) is 12.8 Å². The van der Waals surface area contributed by atoms with Crippen LogP contribution in [0.5, 0.6) is 0 Å². The first-order chi connectivity index (χ1) is 38.6. The molecular formula is C76H52N2. The minimum Gasteiger partial charge on any atom is -0.310 e. The minimum atomic E-state index is 0.949. The van der Waals surface area contributed by atoms with Crippen LogP contribution in [0.3, 0.4) is 0 Å². The number of anilines is 6. The summed E-state index contributed by atoms with van der Waals surface area (Å²) in [5.41, 5.74) is 22.7. The Kier molecular flexibility index (Phi) is 11.0. The molecule has 2 aliphatic rings. The molecule has 13 aromatic carbocycles. The highest BCUT2D eigenvalue weighted by atomic mass is 15.1. The Hall–Kier alpha value is -10.0. The largest absolute Gasteiger partial charge is 0.310 e. The van der Waals surface area contributed by atoms with Gasteiger partial charge in [0.05, 0.1) is 0 Å². The van der Waals surface area contributed by atoms with Crippen LogP contribution in [0.4, 0.5) is 34.1 Å². The number of rotatable bonds is 10. The lowest BCUT2D eigenvalue weighted by Gasteiger charge is -2.26. The van der Waals surface area contributed by atoms with Gasteiger partial charge in [-0.3, -0.25) is 0 Å². The van der Waals surface area contributed by atoms with Crippen LogP contribution in [0.1, 0.15) is 44.5 Å². The van der Waals surface area contributed by atoms with Gasteiger partial charge < -0.3 is 9.80 Å². The summed E-state index contributed by atoms with van der Waals surface area (Å²) < 4.78 is 0. The van der Waals surface area contributed by atoms with Crippen molar-refractivity contribution in [2.24, 2.45) is 0 Å². The molecule has 0 saturated carbocycles. The van der Waals surface area contributed by atoms with Crippen LogP contribution in [0.25, 0.3) is 89.6 Å². The highest BCUT2D eigenvalue weighted by Gasteiger charge is 2.26. The van der Waals surface area contributed by atoms with Gasteiger partial charge in [0.25, 0.3) is 0 Å². The summed E-state index contributed by atoms with van der Waals surface area (Å²) in [5, 5.41) is 9.86. The third kappa shape index (κ3) is 8.41. The van der Waals surface area contributed by atoms with Gasteiger partial charge in [0.1, 0.15) is 0 Å². The predicted molar refractivity (Wildman–Crippen MR) is 333 cm³/mol. The third-order valence-electron chi connectivity index (χ3n) is 16.1. The number of fused-ring (bicyclic) bond motifs is 10. The highest BCUT2D eigenvalue weighted by Crippen LogP contribution is 2.46. The van der Waals surface area contributed by atoms with Crippen molar-refractivity contribution in [2.75, 3.05) is 9.80 Å². The maximum absolute atomic E-state index is 2.48. The fourth-order valence-corrected chi connectivity index (χ4v) is 12.2. The average Bonchev–Trinajstić information content (AvgIpc) is 4.17. The molecular weight excluding hydrogens is 941 g/mol. The minimum absolute atomic E-state index is 0.949. The first kappa shape index (κ1) is 45.4. The standard InChI is InChI=1S/C76H52N2/c1-5-13-59-45-69(35-27-55(59)9-1)77(70-36-28-56-10-2-6-14-60(56)46-70)67-31-21-51(22-32-67)17-19-53-25-39-73-63(41-53)43-65-49-76-66(50-75(65)73)44-64-42-54(26-40-74(64)76)20-18-52-23-33-68(34-24-52)78(71-37-29-57-11-3-7-15-61(57)47-71)72-38-30-58-12-4-8-16-62(58)48-72/h1-42,45-50H,43-44H2/b19-17+,20-18+. The van der Waals surface area contributed by atoms with Crippen molar-refractivity contribution in [3.8, 4) is 22.3 Å². The van der Waals surface area contributed by atoms with E-state index in [-0.39, 0.29) is 0 Å². The monoisotopic (exact) mass is 992 g/mol. The maximum Gasteiger partial charge on any atom is 0.0468 e. The van der Waals surface area contributed by atoms with E-state index in [2.05, 4.69) is 301 Å². The molecule has 0 amide bonds. The SMILES string of the molecule is C(=C\c1ccc2c(c1)Cc1cc3c(cc1-2)Cc1cc(/C=C/c2ccc(N(c4ccc5ccccc5c4)c4ccc5ccccc5c4)cc2)ccc1-3)/c1ccc(N(c2ccc3ccccc3c2)c2ccc3ccccc3c2)cc1. The first-order valence-electron chi connectivity index (χ1n) is 27.1. The van der Waals surface area contributed by atoms with Crippen molar-refractivity contribution in [2.45, 2.75) is 12.8 Å². The molecule has 0 saturated heterocycles. The number of benzene rings is 13. The zero-order chi connectivity index (χ0) is 51.5. The van der Waals surface area contributed by atoms with Gasteiger partial charge in [-0.15, -0.1) is 0 Å². The van der Waals surface area contributed by atoms with E-state index in [1.165, 1.54) is 110 Å². The molecule has 0 heterocycles. The van der Waals surface area contributed by atoms with E-state index in [9.17, 15) is 0 Å². The van der Waals surface area contributed by atoms with Gasteiger partial charge in [-0.05, 0) is 208 Å². The number of hydrogen-bond acceptors (Lipinski definition) is 2. The molecule has 0 spiro atoms. The summed E-state index contributed by atoms with van der Waals surface area (Å²) in [4.78, 5) is 4.73. The smallest absolute Gasteiger partial charge is 0.0468 e. The molecule has 0 N–H and O–H groups in total. The predicted octanol–water partition coefficient (Wildman–Crippen LogP) is 20.7. The van der Waals surface area contributed by atoms with Crippen molar-refractivity contribution in [1.82, 2.24) is 0 Å². The van der Waals surface area contributed by atoms with Crippen LogP contribution >= 0.6 is 0 Å². The molecule has 13 aromatic rings. The molecule has 2 aliphatic carbocycles. The normalized spacial score (nSPS) is 12.4. The molecule has 0 fully saturated rings. The third-order valence-corrected chi connectivity index (χ3v) is 16.1. The van der Waals surface area contributed by atoms with E-state index in [1.807, 2.05) is 0 Å². The second kappa shape index (κ2) is 19.0. The Morgan fingerprint density at radius 1 is 0.205 bits per heavy atom. The lowest BCUT2D eigenvalue weighted by Crippen LogP contribution is -2.09. The number of hydrogen-bond donors (Lipinski definition) is 0. The van der Waals surface area contributed by atoms with Crippen LogP contribution in [0, 0.1) is 0 Å². The quantitative estimate of drug-likeness (QED) is 0.126. The summed E-state index contributed by atoms with van der Waals surface area (Å²) in [6.45, 7) is 0. The van der Waals surface area contributed by atoms with Crippen molar-refractivity contribution < 1.29 is 0 Å². The van der Waals surface area contributed by atoms with Crippen LogP contribution < -0.4 is 9.80 Å². The van der Waals surface area contributed by atoms with Crippen molar-refractivity contribution in [3.63, 3.8) is 0 Å². The fourth-order valence-electron chi connectivity index (χ4n) is 12.2. The van der Waals surface area contributed by atoms with E-state index in [4.69, 9.17) is 0 Å². The average molecular weight is 993 g/mol. The molecule has 2 nitrogen and oxygen atoms in total.